The lowest BCUT2D eigenvalue weighted by Crippen LogP contribution is -2.30. The lowest BCUT2D eigenvalue weighted by molar-refractivity contribution is 0.404. The van der Waals surface area contributed by atoms with E-state index in [9.17, 15) is 10.2 Å². The average Bonchev–Trinajstić information content (AvgIpc) is 2.64. The van der Waals surface area contributed by atoms with E-state index in [-0.39, 0.29) is 11.5 Å². The van der Waals surface area contributed by atoms with E-state index < -0.39 is 0 Å². The molecule has 0 unspecified atom stereocenters. The summed E-state index contributed by atoms with van der Waals surface area (Å²) < 4.78 is 0. The van der Waals surface area contributed by atoms with E-state index in [0.717, 1.165) is 41.1 Å². The zero-order valence-corrected chi connectivity index (χ0v) is 13.3. The first-order valence-corrected chi connectivity index (χ1v) is 8.25. The van der Waals surface area contributed by atoms with Crippen LogP contribution >= 0.6 is 0 Å². The molecule has 0 atom stereocenters. The van der Waals surface area contributed by atoms with Gasteiger partial charge in [-0.05, 0) is 54.7 Å². The standard InChI is InChI=1S/C19H19N3O2/c23-17-7-5-14(11-18(17)24)13-4-6-15-16(10-13)21-19(12-20-15)22-8-2-1-3-9-22/h4-7,10-12,23-24H,1-3,8-9H2. The fraction of sp³-hybridized carbons (Fsp3) is 0.263. The number of hydrogen-bond donors (Lipinski definition) is 2. The Hall–Kier alpha value is -2.82. The van der Waals surface area contributed by atoms with Gasteiger partial charge in [0.25, 0.3) is 0 Å². The van der Waals surface area contributed by atoms with Crippen LogP contribution in [0.3, 0.4) is 0 Å². The van der Waals surface area contributed by atoms with Gasteiger partial charge in [0.05, 0.1) is 17.2 Å². The van der Waals surface area contributed by atoms with Crippen LogP contribution in [-0.4, -0.2) is 33.3 Å². The zero-order chi connectivity index (χ0) is 16.5. The normalized spacial score (nSPS) is 14.9. The summed E-state index contributed by atoms with van der Waals surface area (Å²) in [6, 6.07) is 10.7. The second-order valence-electron chi connectivity index (χ2n) is 6.18. The molecule has 0 radical (unpaired) electrons. The van der Waals surface area contributed by atoms with Crippen molar-refractivity contribution in [1.29, 1.82) is 0 Å². The lowest BCUT2D eigenvalue weighted by atomic mass is 10.0. The van der Waals surface area contributed by atoms with Crippen molar-refractivity contribution in [3.63, 3.8) is 0 Å². The van der Waals surface area contributed by atoms with Crippen molar-refractivity contribution in [1.82, 2.24) is 9.97 Å². The molecular formula is C19H19N3O2. The van der Waals surface area contributed by atoms with Crippen LogP contribution in [0.4, 0.5) is 5.82 Å². The first-order chi connectivity index (χ1) is 11.7. The van der Waals surface area contributed by atoms with Gasteiger partial charge in [0.15, 0.2) is 11.5 Å². The van der Waals surface area contributed by atoms with Crippen LogP contribution in [0.5, 0.6) is 11.5 Å². The van der Waals surface area contributed by atoms with Crippen LogP contribution in [0.2, 0.25) is 0 Å². The first-order valence-electron chi connectivity index (χ1n) is 8.25. The Morgan fingerprint density at radius 2 is 1.54 bits per heavy atom. The highest BCUT2D eigenvalue weighted by atomic mass is 16.3. The van der Waals surface area contributed by atoms with Crippen molar-refractivity contribution >= 4 is 16.9 Å². The number of aromatic nitrogens is 2. The van der Waals surface area contributed by atoms with Gasteiger partial charge < -0.3 is 15.1 Å². The summed E-state index contributed by atoms with van der Waals surface area (Å²) in [4.78, 5) is 11.6. The zero-order valence-electron chi connectivity index (χ0n) is 13.3. The number of benzene rings is 2. The Balaban J connectivity index is 1.74. The molecule has 0 aliphatic carbocycles. The number of piperidine rings is 1. The Morgan fingerprint density at radius 1 is 0.792 bits per heavy atom. The minimum Gasteiger partial charge on any atom is -0.504 e. The second-order valence-corrected chi connectivity index (χ2v) is 6.18. The van der Waals surface area contributed by atoms with Crippen LogP contribution in [0.1, 0.15) is 19.3 Å². The van der Waals surface area contributed by atoms with Crippen molar-refractivity contribution in [3.05, 3.63) is 42.6 Å². The maximum absolute atomic E-state index is 9.70. The van der Waals surface area contributed by atoms with Crippen LogP contribution in [0.15, 0.2) is 42.6 Å². The summed E-state index contributed by atoms with van der Waals surface area (Å²) in [6.07, 6.45) is 5.53. The Morgan fingerprint density at radius 3 is 2.33 bits per heavy atom. The molecular weight excluding hydrogens is 302 g/mol. The molecule has 0 spiro atoms. The van der Waals surface area contributed by atoms with Crippen molar-refractivity contribution in [2.24, 2.45) is 0 Å². The molecule has 5 nitrogen and oxygen atoms in total. The topological polar surface area (TPSA) is 69.5 Å². The van der Waals surface area contributed by atoms with Gasteiger partial charge in [-0.1, -0.05) is 12.1 Å². The van der Waals surface area contributed by atoms with Gasteiger partial charge >= 0.3 is 0 Å². The monoisotopic (exact) mass is 321 g/mol. The predicted octanol–water partition coefficient (Wildman–Crippen LogP) is 3.70. The van der Waals surface area contributed by atoms with E-state index >= 15 is 0 Å². The highest BCUT2D eigenvalue weighted by Crippen LogP contribution is 2.31. The Labute approximate surface area is 140 Å². The molecule has 24 heavy (non-hydrogen) atoms. The van der Waals surface area contributed by atoms with Gasteiger partial charge in [-0.15, -0.1) is 0 Å². The van der Waals surface area contributed by atoms with Gasteiger partial charge in [-0.2, -0.15) is 0 Å². The molecule has 1 aliphatic heterocycles. The molecule has 5 heteroatoms. The summed E-state index contributed by atoms with van der Waals surface area (Å²) in [5.41, 5.74) is 3.45. The van der Waals surface area contributed by atoms with E-state index in [4.69, 9.17) is 4.98 Å². The fourth-order valence-corrected chi connectivity index (χ4v) is 3.16. The van der Waals surface area contributed by atoms with Crippen molar-refractivity contribution in [3.8, 4) is 22.6 Å². The molecule has 3 aromatic rings. The Kier molecular flexibility index (Phi) is 3.69. The molecule has 1 fully saturated rings. The molecule has 1 aliphatic rings. The molecule has 0 amide bonds. The van der Waals surface area contributed by atoms with E-state index in [1.165, 1.54) is 25.3 Å². The molecule has 2 aromatic carbocycles. The number of fused-ring (bicyclic) bond motifs is 1. The van der Waals surface area contributed by atoms with E-state index in [0.29, 0.717) is 0 Å². The van der Waals surface area contributed by atoms with Crippen molar-refractivity contribution in [2.45, 2.75) is 19.3 Å². The highest BCUT2D eigenvalue weighted by Gasteiger charge is 2.13. The first kappa shape index (κ1) is 14.8. The van der Waals surface area contributed by atoms with Gasteiger partial charge in [0.2, 0.25) is 0 Å². The number of aromatic hydroxyl groups is 2. The molecule has 122 valence electrons. The molecule has 2 N–H and O–H groups in total. The number of hydrogen-bond acceptors (Lipinski definition) is 5. The molecule has 4 rings (SSSR count). The SMILES string of the molecule is Oc1ccc(-c2ccc3ncc(N4CCCCC4)nc3c2)cc1O. The van der Waals surface area contributed by atoms with Crippen LogP contribution in [-0.2, 0) is 0 Å². The third-order valence-corrected chi connectivity index (χ3v) is 4.52. The summed E-state index contributed by atoms with van der Waals surface area (Å²) in [6.45, 7) is 2.07. The maximum atomic E-state index is 9.70. The van der Waals surface area contributed by atoms with Gasteiger partial charge in [-0.25, -0.2) is 4.98 Å². The number of phenolic OH excluding ortho intramolecular Hbond substituents is 2. The maximum Gasteiger partial charge on any atom is 0.158 e. The van der Waals surface area contributed by atoms with Crippen LogP contribution < -0.4 is 4.90 Å². The fourth-order valence-electron chi connectivity index (χ4n) is 3.16. The quantitative estimate of drug-likeness (QED) is 0.704. The van der Waals surface area contributed by atoms with Crippen LogP contribution in [0.25, 0.3) is 22.2 Å². The van der Waals surface area contributed by atoms with Crippen molar-refractivity contribution < 1.29 is 10.2 Å². The van der Waals surface area contributed by atoms with Gasteiger partial charge in [-0.3, -0.25) is 4.98 Å². The minimum atomic E-state index is -0.124. The molecule has 0 saturated carbocycles. The van der Waals surface area contributed by atoms with Crippen molar-refractivity contribution in [2.75, 3.05) is 18.0 Å². The molecule has 1 aromatic heterocycles. The molecule has 1 saturated heterocycles. The average molecular weight is 321 g/mol. The summed E-state index contributed by atoms with van der Waals surface area (Å²) in [7, 11) is 0. The third-order valence-electron chi connectivity index (χ3n) is 4.52. The smallest absolute Gasteiger partial charge is 0.158 e. The predicted molar refractivity (Wildman–Crippen MR) is 94.4 cm³/mol. The number of nitrogens with zero attached hydrogens (tertiary/aromatic N) is 3. The Bertz CT molecular complexity index is 889. The third kappa shape index (κ3) is 2.73. The number of anilines is 1. The van der Waals surface area contributed by atoms with E-state index in [1.807, 2.05) is 24.4 Å². The van der Waals surface area contributed by atoms with Gasteiger partial charge in [0.1, 0.15) is 5.82 Å². The summed E-state index contributed by atoms with van der Waals surface area (Å²) >= 11 is 0. The summed E-state index contributed by atoms with van der Waals surface area (Å²) in [5, 5.41) is 19.2. The second kappa shape index (κ2) is 6.00. The highest BCUT2D eigenvalue weighted by molar-refractivity contribution is 5.82. The molecule has 2 heterocycles. The van der Waals surface area contributed by atoms with E-state index in [2.05, 4.69) is 9.88 Å². The largest absolute Gasteiger partial charge is 0.504 e. The molecule has 0 bridgehead atoms. The van der Waals surface area contributed by atoms with Gasteiger partial charge in [0, 0.05) is 13.1 Å². The minimum absolute atomic E-state index is 0.119. The lowest BCUT2D eigenvalue weighted by Gasteiger charge is -2.27. The van der Waals surface area contributed by atoms with Crippen LogP contribution in [0, 0.1) is 0 Å². The summed E-state index contributed by atoms with van der Waals surface area (Å²) in [5.74, 6) is 0.681. The van der Waals surface area contributed by atoms with E-state index in [1.54, 1.807) is 12.1 Å². The number of rotatable bonds is 2. The number of phenols is 2.